The van der Waals surface area contributed by atoms with Crippen molar-refractivity contribution in [3.8, 4) is 0 Å². The summed E-state index contributed by atoms with van der Waals surface area (Å²) in [6.45, 7) is -1.22. The number of carboxylic acid groups (broad SMARTS) is 1. The number of quaternary nitrogens is 1. The molecule has 0 aromatic heterocycles. The van der Waals surface area contributed by atoms with Gasteiger partial charge in [-0.2, -0.15) is 0 Å². The first kappa shape index (κ1) is 8.23. The fourth-order valence-electron chi connectivity index (χ4n) is 1.08. The van der Waals surface area contributed by atoms with Crippen LogP contribution in [0, 0.1) is 0 Å². The van der Waals surface area contributed by atoms with Crippen molar-refractivity contribution < 1.29 is 28.0 Å². The molecule has 0 aromatic carbocycles. The van der Waals surface area contributed by atoms with Crippen LogP contribution in [0.5, 0.6) is 0 Å². The van der Waals surface area contributed by atoms with Crippen molar-refractivity contribution in [2.24, 2.45) is 0 Å². The lowest BCUT2D eigenvalue weighted by Crippen LogP contribution is -2.43. The smallest absolute Gasteiger partial charge is 0.307 e. The van der Waals surface area contributed by atoms with Gasteiger partial charge in [-0.05, 0) is 0 Å². The average molecular weight is 207 g/mol. The first-order valence-corrected chi connectivity index (χ1v) is 4.18. The number of hydrogen-bond donors (Lipinski definition) is 1. The quantitative estimate of drug-likeness (QED) is 0.513. The predicted molar refractivity (Wildman–Crippen MR) is 50.7 cm³/mol. The van der Waals surface area contributed by atoms with Gasteiger partial charge in [0.2, 0.25) is 0 Å². The number of carbonyl (C=O) groups excluding carboxylic acids is 1. The predicted octanol–water partition coefficient (Wildman–Crippen LogP) is 0.0990. The Morgan fingerprint density at radius 1 is 1.57 bits per heavy atom. The number of rotatable bonds is 5. The number of aliphatic carboxylic acids is 1. The van der Waals surface area contributed by atoms with E-state index in [1.54, 1.807) is 0 Å². The molecule has 0 spiro atoms. The minimum absolute atomic E-state index is 0.0810. The van der Waals surface area contributed by atoms with E-state index in [0.717, 1.165) is 6.92 Å². The van der Waals surface area contributed by atoms with Crippen LogP contribution in [0.4, 0.5) is 0 Å². The summed E-state index contributed by atoms with van der Waals surface area (Å²) < 4.78 is 26.3. The summed E-state index contributed by atoms with van der Waals surface area (Å²) >= 11 is 0. The zero-order valence-electron chi connectivity index (χ0n) is 11.6. The molecule has 5 heteroatoms. The van der Waals surface area contributed by atoms with Gasteiger partial charge < -0.3 is 14.3 Å². The fraction of sp³-hybridized carbons (Fsp3) is 0.778. The van der Waals surface area contributed by atoms with Crippen LogP contribution in [0.2, 0.25) is 0 Å². The summed E-state index contributed by atoms with van der Waals surface area (Å²) in [4.78, 5) is 21.4. The number of nitrogens with zero attached hydrogens (tertiary/aromatic N) is 1. The summed E-state index contributed by atoms with van der Waals surface area (Å²) in [5.41, 5.74) is 0. The van der Waals surface area contributed by atoms with Crippen molar-refractivity contribution in [2.75, 3.05) is 27.6 Å². The van der Waals surface area contributed by atoms with Gasteiger partial charge in [-0.25, -0.2) is 0 Å². The molecule has 5 nitrogen and oxygen atoms in total. The van der Waals surface area contributed by atoms with E-state index in [2.05, 4.69) is 0 Å². The van der Waals surface area contributed by atoms with Gasteiger partial charge >= 0.3 is 11.9 Å². The van der Waals surface area contributed by atoms with Crippen molar-refractivity contribution in [1.29, 1.82) is 0 Å². The standard InChI is InChI=1S/C9H17NO4/c1-7(11)14-8(5-9(12)13)6-10(2,3)4/h8H,5-6H2,1-4H3/p+1/t8-/m0/s1/i2D3. The lowest BCUT2D eigenvalue weighted by Gasteiger charge is -2.28. The normalized spacial score (nSPS) is 17.5. The molecule has 0 saturated heterocycles. The second-order valence-corrected chi connectivity index (χ2v) is 3.70. The van der Waals surface area contributed by atoms with Crippen LogP contribution >= 0.6 is 0 Å². The van der Waals surface area contributed by atoms with Crippen LogP contribution in [0.3, 0.4) is 0 Å². The molecule has 0 aliphatic carbocycles. The van der Waals surface area contributed by atoms with E-state index in [0.29, 0.717) is 0 Å². The molecule has 0 bridgehead atoms. The molecular weight excluding hydrogens is 186 g/mol. The average Bonchev–Trinajstić information content (AvgIpc) is 1.96. The molecule has 0 fully saturated rings. The number of ether oxygens (including phenoxy) is 1. The third-order valence-corrected chi connectivity index (χ3v) is 1.39. The topological polar surface area (TPSA) is 63.6 Å². The summed E-state index contributed by atoms with van der Waals surface area (Å²) in [6, 6.07) is 0. The molecule has 1 N–H and O–H groups in total. The highest BCUT2D eigenvalue weighted by Crippen LogP contribution is 2.04. The molecule has 0 unspecified atom stereocenters. The molecule has 0 aliphatic rings. The van der Waals surface area contributed by atoms with Gasteiger partial charge in [0, 0.05) is 6.92 Å². The largest absolute Gasteiger partial charge is 0.481 e. The van der Waals surface area contributed by atoms with E-state index >= 15 is 0 Å². The summed E-state index contributed by atoms with van der Waals surface area (Å²) in [6.07, 6.45) is -1.35. The molecule has 14 heavy (non-hydrogen) atoms. The minimum Gasteiger partial charge on any atom is -0.481 e. The lowest BCUT2D eigenvalue weighted by molar-refractivity contribution is -0.873. The van der Waals surface area contributed by atoms with Crippen LogP contribution < -0.4 is 0 Å². The highest BCUT2D eigenvalue weighted by molar-refractivity contribution is 5.69. The number of hydrogen-bond acceptors (Lipinski definition) is 3. The Morgan fingerprint density at radius 2 is 2.14 bits per heavy atom. The number of carboxylic acids is 1. The van der Waals surface area contributed by atoms with Crippen LogP contribution in [-0.2, 0) is 14.3 Å². The van der Waals surface area contributed by atoms with E-state index in [1.807, 2.05) is 0 Å². The van der Waals surface area contributed by atoms with Crippen LogP contribution in [0.1, 0.15) is 17.5 Å². The molecule has 82 valence electrons. The molecule has 0 amide bonds. The summed E-state index contributed by atoms with van der Waals surface area (Å²) in [7, 11) is 2.87. The Kier molecular flexibility index (Phi) is 2.91. The maximum absolute atomic E-state index is 10.8. The molecule has 0 aliphatic heterocycles. The molecule has 0 radical (unpaired) electrons. The monoisotopic (exact) mass is 207 g/mol. The second kappa shape index (κ2) is 4.95. The summed E-state index contributed by atoms with van der Waals surface area (Å²) in [5.74, 6) is -1.76. The molecule has 0 aromatic rings. The highest BCUT2D eigenvalue weighted by Gasteiger charge is 2.23. The Balaban J connectivity index is 4.73. The Morgan fingerprint density at radius 3 is 2.50 bits per heavy atom. The third kappa shape index (κ3) is 7.54. The lowest BCUT2D eigenvalue weighted by atomic mass is 10.2. The Bertz CT molecular complexity index is 285. The first-order valence-electron chi connectivity index (χ1n) is 5.68. The second-order valence-electron chi connectivity index (χ2n) is 3.70. The molecule has 1 atom stereocenters. The SMILES string of the molecule is [2H]C([2H])([2H])[N+](C)(C)C[C@H](CC(=O)O)OC(C)=O. The molecule has 0 saturated carbocycles. The van der Waals surface area contributed by atoms with Crippen molar-refractivity contribution in [3.05, 3.63) is 0 Å². The van der Waals surface area contributed by atoms with Crippen LogP contribution in [0.25, 0.3) is 0 Å². The van der Waals surface area contributed by atoms with Crippen LogP contribution in [-0.4, -0.2) is 55.2 Å². The number of carbonyl (C=O) groups is 2. The van der Waals surface area contributed by atoms with E-state index in [4.69, 9.17) is 14.0 Å². The zero-order valence-corrected chi connectivity index (χ0v) is 8.61. The number of likely N-dealkylation sites (N-methyl/N-ethyl adjacent to an activating group) is 1. The van der Waals surface area contributed by atoms with E-state index in [-0.39, 0.29) is 6.54 Å². The molecular formula is C9H18NO4+. The van der Waals surface area contributed by atoms with Crippen LogP contribution in [0.15, 0.2) is 0 Å². The zero-order chi connectivity index (χ0) is 13.9. The Labute approximate surface area is 88.1 Å². The minimum atomic E-state index is -2.29. The third-order valence-electron chi connectivity index (χ3n) is 1.39. The van der Waals surface area contributed by atoms with Crippen molar-refractivity contribution in [3.63, 3.8) is 0 Å². The van der Waals surface area contributed by atoms with Gasteiger partial charge in [-0.3, -0.25) is 9.59 Å². The highest BCUT2D eigenvalue weighted by atomic mass is 16.5. The van der Waals surface area contributed by atoms with Gasteiger partial charge in [0.1, 0.15) is 6.54 Å². The van der Waals surface area contributed by atoms with E-state index < -0.39 is 35.9 Å². The van der Waals surface area contributed by atoms with E-state index in [1.165, 1.54) is 14.1 Å². The summed E-state index contributed by atoms with van der Waals surface area (Å²) in [5, 5.41) is 8.66. The molecule has 0 heterocycles. The fourth-order valence-corrected chi connectivity index (χ4v) is 1.08. The van der Waals surface area contributed by atoms with Crippen molar-refractivity contribution in [2.45, 2.75) is 19.4 Å². The van der Waals surface area contributed by atoms with Gasteiger partial charge in [0.15, 0.2) is 6.10 Å². The van der Waals surface area contributed by atoms with E-state index in [9.17, 15) is 9.59 Å². The van der Waals surface area contributed by atoms with Gasteiger partial charge in [-0.15, -0.1) is 0 Å². The van der Waals surface area contributed by atoms with Crippen molar-refractivity contribution in [1.82, 2.24) is 0 Å². The number of esters is 1. The van der Waals surface area contributed by atoms with Gasteiger partial charge in [-0.1, -0.05) is 0 Å². The van der Waals surface area contributed by atoms with Gasteiger partial charge in [0.25, 0.3) is 0 Å². The maximum Gasteiger partial charge on any atom is 0.307 e. The van der Waals surface area contributed by atoms with Gasteiger partial charge in [0.05, 0.1) is 31.6 Å². The maximum atomic E-state index is 10.8. The molecule has 0 rings (SSSR count). The Hall–Kier alpha value is -1.10. The first-order chi connectivity index (χ1) is 7.45. The van der Waals surface area contributed by atoms with Crippen molar-refractivity contribution >= 4 is 11.9 Å².